The number of carbonyl (C=O) groups excluding carboxylic acids is 1. The number of aryl methyl sites for hydroxylation is 1. The Kier molecular flexibility index (Phi) is 3.54. The van der Waals surface area contributed by atoms with Crippen LogP contribution in [0.5, 0.6) is 5.75 Å². The molecule has 0 spiro atoms. The number of hydrogen-bond acceptors (Lipinski definition) is 7. The van der Waals surface area contributed by atoms with E-state index in [1.165, 1.54) is 0 Å². The Morgan fingerprint density at radius 3 is 2.87 bits per heavy atom. The lowest BCUT2D eigenvalue weighted by atomic mass is 9.86. The number of fused-ring (bicyclic) bond motifs is 5. The molecule has 3 N–H and O–H groups in total. The molecule has 3 aromatic rings. The van der Waals surface area contributed by atoms with Gasteiger partial charge in [0.2, 0.25) is 0 Å². The average Bonchev–Trinajstić information content (AvgIpc) is 3.13. The van der Waals surface area contributed by atoms with Crippen LogP contribution in [0.25, 0.3) is 22.3 Å². The molecule has 2 aromatic heterocycles. The van der Waals surface area contributed by atoms with Crippen molar-refractivity contribution < 1.29 is 19.4 Å². The van der Waals surface area contributed by atoms with Gasteiger partial charge in [-0.2, -0.15) is 0 Å². The van der Waals surface area contributed by atoms with E-state index < -0.39 is 11.6 Å². The van der Waals surface area contributed by atoms with E-state index >= 15 is 0 Å². The highest BCUT2D eigenvalue weighted by atomic mass is 16.6. The third-order valence-electron chi connectivity index (χ3n) is 6.82. The van der Waals surface area contributed by atoms with E-state index in [0.717, 1.165) is 33.3 Å². The lowest BCUT2D eigenvalue weighted by Crippen LogP contribution is -2.44. The second kappa shape index (κ2) is 5.93. The molecule has 158 valence electrons. The zero-order chi connectivity index (χ0) is 21.7. The summed E-state index contributed by atoms with van der Waals surface area (Å²) in [5.74, 6) is 0.0531. The van der Waals surface area contributed by atoms with Crippen LogP contribution in [0.1, 0.15) is 47.2 Å². The topological polar surface area (TPSA) is 117 Å². The normalized spacial score (nSPS) is 23.1. The molecule has 31 heavy (non-hydrogen) atoms. The standard InChI is InChI=1S/C23H21N3O5/c1-3-23(29)13-6-16-19-11(7-26(16)21(27)12(13)8-31-22(23)28)17-14(24)9-30-20-10(2)4-5-15(25-19)18(17)20/h4-6,14,29H,3,7-9,24H2,1-2H3/t14-,23+/m1/s1. The van der Waals surface area contributed by atoms with E-state index in [-0.39, 0.29) is 24.6 Å². The number of cyclic esters (lactones) is 1. The first-order valence-electron chi connectivity index (χ1n) is 10.4. The molecule has 0 saturated heterocycles. The molecule has 3 aliphatic heterocycles. The van der Waals surface area contributed by atoms with Crippen molar-refractivity contribution in [3.63, 3.8) is 0 Å². The van der Waals surface area contributed by atoms with Crippen LogP contribution >= 0.6 is 0 Å². The van der Waals surface area contributed by atoms with Crippen molar-refractivity contribution in [2.45, 2.75) is 45.1 Å². The van der Waals surface area contributed by atoms with E-state index in [0.29, 0.717) is 35.7 Å². The van der Waals surface area contributed by atoms with E-state index in [9.17, 15) is 14.7 Å². The molecule has 0 bridgehead atoms. The zero-order valence-corrected chi connectivity index (χ0v) is 17.2. The summed E-state index contributed by atoms with van der Waals surface area (Å²) in [6.45, 7) is 4.20. The number of aliphatic hydroxyl groups is 1. The molecule has 0 unspecified atom stereocenters. The first-order chi connectivity index (χ1) is 14.8. The Hall–Kier alpha value is -3.23. The lowest BCUT2D eigenvalue weighted by Gasteiger charge is -2.31. The van der Waals surface area contributed by atoms with Crippen molar-refractivity contribution in [1.82, 2.24) is 9.55 Å². The lowest BCUT2D eigenvalue weighted by molar-refractivity contribution is -0.172. The Bertz CT molecular complexity index is 1390. The van der Waals surface area contributed by atoms with Gasteiger partial charge in [0.15, 0.2) is 5.60 Å². The molecule has 2 atom stereocenters. The molecular weight excluding hydrogens is 398 g/mol. The molecule has 0 saturated carbocycles. The van der Waals surface area contributed by atoms with E-state index in [1.54, 1.807) is 17.6 Å². The molecule has 1 aromatic carbocycles. The molecular formula is C23H21N3O5. The first-order valence-corrected chi connectivity index (χ1v) is 10.4. The largest absolute Gasteiger partial charge is 0.491 e. The zero-order valence-electron chi connectivity index (χ0n) is 17.2. The number of aromatic nitrogens is 2. The average molecular weight is 419 g/mol. The van der Waals surface area contributed by atoms with E-state index in [2.05, 4.69) is 0 Å². The first kappa shape index (κ1) is 18.5. The van der Waals surface area contributed by atoms with Gasteiger partial charge in [0.1, 0.15) is 19.0 Å². The molecule has 8 heteroatoms. The minimum absolute atomic E-state index is 0.107. The summed E-state index contributed by atoms with van der Waals surface area (Å²) in [5, 5.41) is 11.9. The number of rotatable bonds is 1. The van der Waals surface area contributed by atoms with Crippen molar-refractivity contribution >= 4 is 16.9 Å². The van der Waals surface area contributed by atoms with E-state index in [4.69, 9.17) is 20.2 Å². The molecule has 5 heterocycles. The van der Waals surface area contributed by atoms with Gasteiger partial charge in [0, 0.05) is 16.5 Å². The molecule has 6 rings (SSSR count). The predicted octanol–water partition coefficient (Wildman–Crippen LogP) is 1.78. The number of ether oxygens (including phenoxy) is 2. The van der Waals surface area contributed by atoms with Crippen LogP contribution in [0.2, 0.25) is 0 Å². The van der Waals surface area contributed by atoms with Gasteiger partial charge in [-0.05, 0) is 36.6 Å². The van der Waals surface area contributed by atoms with Crippen molar-refractivity contribution in [2.24, 2.45) is 5.73 Å². The Morgan fingerprint density at radius 2 is 2.10 bits per heavy atom. The number of nitrogens with two attached hydrogens (primary N) is 1. The smallest absolute Gasteiger partial charge is 0.343 e. The van der Waals surface area contributed by atoms with Crippen molar-refractivity contribution in [2.75, 3.05) is 6.61 Å². The SMILES string of the molecule is CC[C@@]1(O)C(=O)OCc2c1cc1n(c2=O)Cc2c-1nc1ccc(C)c3c1c2[C@H](N)CO3. The molecule has 8 nitrogen and oxygen atoms in total. The quantitative estimate of drug-likeness (QED) is 0.452. The highest BCUT2D eigenvalue weighted by Gasteiger charge is 2.45. The van der Waals surface area contributed by atoms with Crippen LogP contribution in [-0.2, 0) is 28.3 Å². The molecule has 0 radical (unpaired) electrons. The van der Waals surface area contributed by atoms with Crippen LogP contribution in [0.3, 0.4) is 0 Å². The third-order valence-corrected chi connectivity index (χ3v) is 6.82. The summed E-state index contributed by atoms with van der Waals surface area (Å²) < 4.78 is 12.7. The van der Waals surface area contributed by atoms with Crippen LogP contribution in [0.4, 0.5) is 0 Å². The highest BCUT2D eigenvalue weighted by Crippen LogP contribution is 2.45. The van der Waals surface area contributed by atoms with Crippen molar-refractivity contribution in [3.05, 3.63) is 56.4 Å². The Balaban J connectivity index is 1.69. The van der Waals surface area contributed by atoms with E-state index in [1.807, 2.05) is 19.1 Å². The maximum atomic E-state index is 13.4. The molecule has 3 aliphatic rings. The van der Waals surface area contributed by atoms with Crippen LogP contribution in [-0.4, -0.2) is 27.2 Å². The summed E-state index contributed by atoms with van der Waals surface area (Å²) in [5.41, 5.74) is 9.79. The van der Waals surface area contributed by atoms with Gasteiger partial charge in [-0.1, -0.05) is 13.0 Å². The summed E-state index contributed by atoms with van der Waals surface area (Å²) in [7, 11) is 0. The van der Waals surface area contributed by atoms with Crippen molar-refractivity contribution in [1.29, 1.82) is 0 Å². The number of hydrogen-bond donors (Lipinski definition) is 2. The van der Waals surface area contributed by atoms with Gasteiger partial charge in [-0.15, -0.1) is 0 Å². The summed E-state index contributed by atoms with van der Waals surface area (Å²) in [4.78, 5) is 30.6. The summed E-state index contributed by atoms with van der Waals surface area (Å²) >= 11 is 0. The Morgan fingerprint density at radius 1 is 1.29 bits per heavy atom. The van der Waals surface area contributed by atoms with Crippen molar-refractivity contribution in [3.8, 4) is 17.1 Å². The Labute approximate surface area is 177 Å². The minimum Gasteiger partial charge on any atom is -0.491 e. The fraction of sp³-hybridized carbons (Fsp3) is 0.348. The second-order valence-corrected chi connectivity index (χ2v) is 8.48. The van der Waals surface area contributed by atoms with Crippen LogP contribution in [0.15, 0.2) is 23.0 Å². The molecule has 0 amide bonds. The van der Waals surface area contributed by atoms with Crippen LogP contribution < -0.4 is 16.0 Å². The maximum absolute atomic E-state index is 13.4. The molecule has 0 fully saturated rings. The summed E-state index contributed by atoms with van der Waals surface area (Å²) in [6.07, 6.45) is 0.107. The fourth-order valence-electron chi connectivity index (χ4n) is 5.13. The van der Waals surface area contributed by atoms with Crippen LogP contribution in [0, 0.1) is 6.92 Å². The van der Waals surface area contributed by atoms with Gasteiger partial charge in [0.25, 0.3) is 5.56 Å². The second-order valence-electron chi connectivity index (χ2n) is 8.48. The number of esters is 1. The third kappa shape index (κ3) is 2.18. The van der Waals surface area contributed by atoms with Gasteiger partial charge >= 0.3 is 5.97 Å². The monoisotopic (exact) mass is 419 g/mol. The number of carbonyl (C=O) groups is 1. The predicted molar refractivity (Wildman–Crippen MR) is 112 cm³/mol. The summed E-state index contributed by atoms with van der Waals surface area (Å²) in [6, 6.07) is 5.26. The van der Waals surface area contributed by atoms with Gasteiger partial charge < -0.3 is 24.9 Å². The fourth-order valence-corrected chi connectivity index (χ4v) is 5.13. The van der Waals surface area contributed by atoms with Gasteiger partial charge in [-0.25, -0.2) is 9.78 Å². The number of benzene rings is 1. The number of pyridine rings is 2. The highest BCUT2D eigenvalue weighted by molar-refractivity contribution is 5.95. The maximum Gasteiger partial charge on any atom is 0.343 e. The van der Waals surface area contributed by atoms with Gasteiger partial charge in [-0.3, -0.25) is 4.79 Å². The van der Waals surface area contributed by atoms with Gasteiger partial charge in [0.05, 0.1) is 35.1 Å². The number of nitrogens with zero attached hydrogens (tertiary/aromatic N) is 2. The molecule has 0 aliphatic carbocycles. The minimum atomic E-state index is -1.84.